The van der Waals surface area contributed by atoms with Gasteiger partial charge in [-0.15, -0.1) is 0 Å². The largest absolute Gasteiger partial charge is 0.451 e. The minimum absolute atomic E-state index is 0.278. The Hall–Kier alpha value is -0.875. The van der Waals surface area contributed by atoms with Crippen LogP contribution in [0, 0.1) is 11.8 Å². The number of hydrogen-bond acceptors (Lipinski definition) is 4. The maximum atomic E-state index is 8.96. The van der Waals surface area contributed by atoms with E-state index in [1.807, 2.05) is 0 Å². The van der Waals surface area contributed by atoms with Crippen LogP contribution in [0.3, 0.4) is 0 Å². The first-order valence-corrected chi connectivity index (χ1v) is 9.53. The number of fused-ring (bicyclic) bond motifs is 1. The van der Waals surface area contributed by atoms with E-state index in [1.165, 1.54) is 30.4 Å². The van der Waals surface area contributed by atoms with Gasteiger partial charge in [0.25, 0.3) is 0 Å². The number of aryl methyl sites for hydroxylation is 1. The Kier molecular flexibility index (Phi) is 6.34. The highest BCUT2D eigenvalue weighted by Crippen LogP contribution is 2.33. The van der Waals surface area contributed by atoms with E-state index in [4.69, 9.17) is 15.8 Å². The molecule has 24 heavy (non-hydrogen) atoms. The van der Waals surface area contributed by atoms with Crippen molar-refractivity contribution < 1.29 is 10.0 Å². The van der Waals surface area contributed by atoms with Crippen molar-refractivity contribution in [1.82, 2.24) is 5.32 Å². The van der Waals surface area contributed by atoms with Crippen molar-refractivity contribution in [2.24, 2.45) is 17.6 Å². The standard InChI is InChI=1S/C19H31BN2O2/c21-19-11-14(10-17(19)6-3-9-20(23)24)13-22-18-8-7-15-4-1-2-5-16(15)12-18/h1-2,4-5,14,17-19,22-24H,3,6-13,21H2/t14-,17-,18?,19-/m0/s1. The van der Waals surface area contributed by atoms with Crippen LogP contribution < -0.4 is 11.1 Å². The molecule has 5 heteroatoms. The summed E-state index contributed by atoms with van der Waals surface area (Å²) in [5.41, 5.74) is 9.33. The zero-order valence-electron chi connectivity index (χ0n) is 14.5. The Bertz CT molecular complexity index is 526. The highest BCUT2D eigenvalue weighted by Gasteiger charge is 2.32. The summed E-state index contributed by atoms with van der Waals surface area (Å²) in [6.45, 7) is 1.07. The van der Waals surface area contributed by atoms with E-state index in [0.29, 0.717) is 24.2 Å². The van der Waals surface area contributed by atoms with Crippen LogP contribution in [-0.4, -0.2) is 35.8 Å². The van der Waals surface area contributed by atoms with Crippen molar-refractivity contribution in [3.05, 3.63) is 35.4 Å². The molecule has 4 atom stereocenters. The van der Waals surface area contributed by atoms with Gasteiger partial charge in [0.1, 0.15) is 0 Å². The molecule has 132 valence electrons. The van der Waals surface area contributed by atoms with Crippen LogP contribution in [0.15, 0.2) is 24.3 Å². The van der Waals surface area contributed by atoms with Gasteiger partial charge in [-0.3, -0.25) is 0 Å². The molecule has 0 aliphatic heterocycles. The molecule has 0 radical (unpaired) electrons. The summed E-state index contributed by atoms with van der Waals surface area (Å²) in [6, 6.07) is 9.68. The van der Waals surface area contributed by atoms with Gasteiger partial charge in [-0.1, -0.05) is 30.7 Å². The molecule has 1 aromatic rings. The van der Waals surface area contributed by atoms with Gasteiger partial charge in [0, 0.05) is 12.1 Å². The minimum atomic E-state index is -1.17. The van der Waals surface area contributed by atoms with Gasteiger partial charge in [0.15, 0.2) is 0 Å². The number of hydrogen-bond donors (Lipinski definition) is 4. The molecule has 0 saturated heterocycles. The monoisotopic (exact) mass is 330 g/mol. The smallest absolute Gasteiger partial charge is 0.427 e. The molecule has 0 bridgehead atoms. The van der Waals surface area contributed by atoms with Crippen molar-refractivity contribution in [2.45, 2.75) is 63.3 Å². The third-order valence-electron chi connectivity index (χ3n) is 5.93. The van der Waals surface area contributed by atoms with E-state index in [1.54, 1.807) is 0 Å². The van der Waals surface area contributed by atoms with Crippen molar-refractivity contribution >= 4 is 7.12 Å². The summed E-state index contributed by atoms with van der Waals surface area (Å²) >= 11 is 0. The fourth-order valence-electron chi connectivity index (χ4n) is 4.54. The molecule has 0 spiro atoms. The predicted octanol–water partition coefficient (Wildman–Crippen LogP) is 1.74. The maximum Gasteiger partial charge on any atom is 0.451 e. The Morgan fingerprint density at radius 2 is 1.96 bits per heavy atom. The second-order valence-electron chi connectivity index (χ2n) is 7.79. The fourth-order valence-corrected chi connectivity index (χ4v) is 4.54. The second-order valence-corrected chi connectivity index (χ2v) is 7.79. The molecule has 1 fully saturated rings. The molecule has 3 rings (SSSR count). The molecule has 4 nitrogen and oxygen atoms in total. The molecule has 1 unspecified atom stereocenters. The molecule has 2 aliphatic carbocycles. The summed E-state index contributed by atoms with van der Waals surface area (Å²) in [7, 11) is -1.17. The molecule has 0 aromatic heterocycles. The summed E-state index contributed by atoms with van der Waals surface area (Å²) in [6.07, 6.45) is 8.18. The first-order chi connectivity index (χ1) is 11.6. The molecule has 0 amide bonds. The zero-order valence-corrected chi connectivity index (χ0v) is 14.5. The van der Waals surface area contributed by atoms with E-state index in [9.17, 15) is 0 Å². The summed E-state index contributed by atoms with van der Waals surface area (Å²) in [4.78, 5) is 0. The Morgan fingerprint density at radius 3 is 2.75 bits per heavy atom. The van der Waals surface area contributed by atoms with Gasteiger partial charge in [0.05, 0.1) is 0 Å². The first kappa shape index (κ1) is 17.9. The normalized spacial score (nSPS) is 29.5. The molecular formula is C19H31BN2O2. The fraction of sp³-hybridized carbons (Fsp3) is 0.684. The van der Waals surface area contributed by atoms with Crippen LogP contribution in [-0.2, 0) is 12.8 Å². The lowest BCUT2D eigenvalue weighted by molar-refractivity contribution is 0.378. The third kappa shape index (κ3) is 4.82. The number of nitrogens with one attached hydrogen (secondary N) is 1. The third-order valence-corrected chi connectivity index (χ3v) is 5.93. The van der Waals surface area contributed by atoms with Crippen molar-refractivity contribution in [1.29, 1.82) is 0 Å². The summed E-state index contributed by atoms with van der Waals surface area (Å²) in [5.74, 6) is 1.21. The SMILES string of the molecule is N[C@H]1C[C@@H](CNC2CCc3ccccc3C2)C[C@@H]1CCCB(O)O. The van der Waals surface area contributed by atoms with Gasteiger partial charge in [-0.2, -0.15) is 0 Å². The Morgan fingerprint density at radius 1 is 1.17 bits per heavy atom. The highest BCUT2D eigenvalue weighted by atomic mass is 16.4. The number of benzene rings is 1. The molecule has 5 N–H and O–H groups in total. The van der Waals surface area contributed by atoms with E-state index >= 15 is 0 Å². The van der Waals surface area contributed by atoms with Crippen LogP contribution in [0.1, 0.15) is 43.2 Å². The van der Waals surface area contributed by atoms with E-state index in [-0.39, 0.29) is 6.04 Å². The van der Waals surface area contributed by atoms with Crippen LogP contribution in [0.5, 0.6) is 0 Å². The minimum Gasteiger partial charge on any atom is -0.427 e. The Labute approximate surface area is 146 Å². The van der Waals surface area contributed by atoms with Gasteiger partial charge in [0.2, 0.25) is 0 Å². The average Bonchev–Trinajstić information content (AvgIpc) is 2.92. The first-order valence-electron chi connectivity index (χ1n) is 9.53. The van der Waals surface area contributed by atoms with Crippen molar-refractivity contribution in [3.8, 4) is 0 Å². The average molecular weight is 330 g/mol. The molecule has 0 heterocycles. The van der Waals surface area contributed by atoms with E-state index in [2.05, 4.69) is 29.6 Å². The molecule has 2 aliphatic rings. The number of nitrogens with two attached hydrogens (primary N) is 1. The summed E-state index contributed by atoms with van der Waals surface area (Å²) < 4.78 is 0. The van der Waals surface area contributed by atoms with Crippen LogP contribution >= 0.6 is 0 Å². The predicted molar refractivity (Wildman–Crippen MR) is 98.7 cm³/mol. The second kappa shape index (κ2) is 8.48. The summed E-state index contributed by atoms with van der Waals surface area (Å²) in [5, 5.41) is 21.7. The molecular weight excluding hydrogens is 299 g/mol. The van der Waals surface area contributed by atoms with Gasteiger partial charge >= 0.3 is 7.12 Å². The Balaban J connectivity index is 1.40. The van der Waals surface area contributed by atoms with Gasteiger partial charge < -0.3 is 21.1 Å². The zero-order chi connectivity index (χ0) is 16.9. The topological polar surface area (TPSA) is 78.5 Å². The maximum absolute atomic E-state index is 8.96. The van der Waals surface area contributed by atoms with Crippen LogP contribution in [0.25, 0.3) is 0 Å². The van der Waals surface area contributed by atoms with Gasteiger partial charge in [-0.25, -0.2) is 0 Å². The number of rotatable bonds is 7. The lowest BCUT2D eigenvalue weighted by atomic mass is 9.81. The lowest BCUT2D eigenvalue weighted by Crippen LogP contribution is -2.37. The van der Waals surface area contributed by atoms with Crippen LogP contribution in [0.2, 0.25) is 6.32 Å². The molecule has 1 saturated carbocycles. The van der Waals surface area contributed by atoms with Crippen molar-refractivity contribution in [3.63, 3.8) is 0 Å². The van der Waals surface area contributed by atoms with E-state index in [0.717, 1.165) is 32.2 Å². The highest BCUT2D eigenvalue weighted by molar-refractivity contribution is 6.40. The van der Waals surface area contributed by atoms with Gasteiger partial charge in [-0.05, 0) is 74.4 Å². The lowest BCUT2D eigenvalue weighted by Gasteiger charge is -2.26. The quantitative estimate of drug-likeness (QED) is 0.574. The molecule has 1 aromatic carbocycles. The van der Waals surface area contributed by atoms with E-state index < -0.39 is 7.12 Å². The van der Waals surface area contributed by atoms with Crippen molar-refractivity contribution in [2.75, 3.05) is 6.54 Å². The van der Waals surface area contributed by atoms with Crippen LogP contribution in [0.4, 0.5) is 0 Å².